The summed E-state index contributed by atoms with van der Waals surface area (Å²) >= 11 is 6.22. The lowest BCUT2D eigenvalue weighted by atomic mass is 10.00. The number of amides is 1. The first-order valence-electron chi connectivity index (χ1n) is 11.1. The summed E-state index contributed by atoms with van der Waals surface area (Å²) in [6.07, 6.45) is 6.17. The third-order valence-corrected chi connectivity index (χ3v) is 6.16. The van der Waals surface area contributed by atoms with Gasteiger partial charge in [0.1, 0.15) is 18.2 Å². The molecule has 1 N–H and O–H groups in total. The molecule has 1 atom stereocenters. The third kappa shape index (κ3) is 4.50. The van der Waals surface area contributed by atoms with Gasteiger partial charge in [-0.15, -0.1) is 0 Å². The van der Waals surface area contributed by atoms with E-state index in [4.69, 9.17) is 21.1 Å². The zero-order valence-corrected chi connectivity index (χ0v) is 19.5. The first kappa shape index (κ1) is 23.0. The summed E-state index contributed by atoms with van der Waals surface area (Å²) in [6.45, 7) is 5.05. The Balaban J connectivity index is 1.56. The standard InChI is InChI=1S/C26H22ClFN4O3/c1-2-23(33)32-10-11-34-14-17(32)15-35-22-13-29-9-7-18(22)25-24(19-12-16(27)5-6-20(19)28)26-21(31-25)4-3-8-30-26/h2-9,12-13,17,31H,1,10-11,14-15H2. The molecule has 4 heterocycles. The van der Waals surface area contributed by atoms with E-state index in [0.29, 0.717) is 58.4 Å². The summed E-state index contributed by atoms with van der Waals surface area (Å²) < 4.78 is 26.7. The van der Waals surface area contributed by atoms with E-state index in [0.717, 1.165) is 5.52 Å². The minimum absolute atomic E-state index is 0.172. The van der Waals surface area contributed by atoms with Gasteiger partial charge in [0, 0.05) is 40.7 Å². The van der Waals surface area contributed by atoms with Gasteiger partial charge in [0.15, 0.2) is 0 Å². The number of aromatic nitrogens is 3. The monoisotopic (exact) mass is 492 g/mol. The van der Waals surface area contributed by atoms with Crippen LogP contribution in [0.3, 0.4) is 0 Å². The number of halogens is 2. The molecule has 4 aromatic rings. The number of carbonyl (C=O) groups is 1. The van der Waals surface area contributed by atoms with E-state index in [1.54, 1.807) is 41.7 Å². The Morgan fingerprint density at radius 2 is 2.20 bits per heavy atom. The fourth-order valence-corrected chi connectivity index (χ4v) is 4.43. The summed E-state index contributed by atoms with van der Waals surface area (Å²) in [5, 5.41) is 0.410. The summed E-state index contributed by atoms with van der Waals surface area (Å²) in [5.74, 6) is -0.121. The first-order valence-corrected chi connectivity index (χ1v) is 11.4. The van der Waals surface area contributed by atoms with Gasteiger partial charge in [0.2, 0.25) is 5.91 Å². The van der Waals surface area contributed by atoms with Gasteiger partial charge in [-0.2, -0.15) is 0 Å². The summed E-state index contributed by atoms with van der Waals surface area (Å²) in [6, 6.07) is 9.61. The van der Waals surface area contributed by atoms with Crippen LogP contribution in [0.25, 0.3) is 33.4 Å². The van der Waals surface area contributed by atoms with Crippen molar-refractivity contribution in [1.82, 2.24) is 19.9 Å². The number of nitrogens with one attached hydrogen (secondary N) is 1. The van der Waals surface area contributed by atoms with Gasteiger partial charge in [-0.3, -0.25) is 14.8 Å². The lowest BCUT2D eigenvalue weighted by Gasteiger charge is -2.34. The number of H-pyrrole nitrogens is 1. The molecule has 1 fully saturated rings. The molecule has 1 saturated heterocycles. The highest BCUT2D eigenvalue weighted by Crippen LogP contribution is 2.42. The normalized spacial score (nSPS) is 15.8. The Bertz CT molecular complexity index is 1410. The van der Waals surface area contributed by atoms with E-state index in [1.165, 1.54) is 18.2 Å². The maximum absolute atomic E-state index is 15.0. The molecule has 7 nitrogen and oxygen atoms in total. The number of ether oxygens (including phenoxy) is 2. The lowest BCUT2D eigenvalue weighted by molar-refractivity contribution is -0.135. The van der Waals surface area contributed by atoms with Crippen LogP contribution in [-0.2, 0) is 9.53 Å². The van der Waals surface area contributed by atoms with E-state index >= 15 is 0 Å². The predicted octanol–water partition coefficient (Wildman–Crippen LogP) is 4.88. The zero-order valence-electron chi connectivity index (χ0n) is 18.7. The minimum Gasteiger partial charge on any atom is -0.489 e. The van der Waals surface area contributed by atoms with Crippen LogP contribution in [0.2, 0.25) is 5.02 Å². The number of aromatic amines is 1. The summed E-state index contributed by atoms with van der Waals surface area (Å²) in [7, 11) is 0. The van der Waals surface area contributed by atoms with Crippen LogP contribution in [0.15, 0.2) is 67.6 Å². The van der Waals surface area contributed by atoms with E-state index in [-0.39, 0.29) is 18.6 Å². The van der Waals surface area contributed by atoms with Crippen LogP contribution in [0.5, 0.6) is 5.75 Å². The zero-order chi connectivity index (χ0) is 24.4. The number of benzene rings is 1. The van der Waals surface area contributed by atoms with Crippen molar-refractivity contribution in [1.29, 1.82) is 0 Å². The molecule has 0 bridgehead atoms. The van der Waals surface area contributed by atoms with Gasteiger partial charge in [-0.1, -0.05) is 18.2 Å². The average molecular weight is 493 g/mol. The number of hydrogen-bond acceptors (Lipinski definition) is 5. The molecule has 0 saturated carbocycles. The molecule has 0 radical (unpaired) electrons. The van der Waals surface area contributed by atoms with Crippen LogP contribution < -0.4 is 4.74 Å². The van der Waals surface area contributed by atoms with Crippen molar-refractivity contribution >= 4 is 28.5 Å². The fraction of sp³-hybridized carbons (Fsp3) is 0.192. The topological polar surface area (TPSA) is 80.3 Å². The largest absolute Gasteiger partial charge is 0.489 e. The van der Waals surface area contributed by atoms with Crippen LogP contribution >= 0.6 is 11.6 Å². The Hall–Kier alpha value is -3.75. The van der Waals surface area contributed by atoms with Gasteiger partial charge in [-0.05, 0) is 42.5 Å². The maximum atomic E-state index is 15.0. The van der Waals surface area contributed by atoms with Crippen LogP contribution in [0.1, 0.15) is 0 Å². The highest BCUT2D eigenvalue weighted by molar-refractivity contribution is 6.31. The molecule has 1 aromatic carbocycles. The van der Waals surface area contributed by atoms with Crippen molar-refractivity contribution in [3.63, 3.8) is 0 Å². The lowest BCUT2D eigenvalue weighted by Crippen LogP contribution is -2.50. The number of fused-ring (bicyclic) bond motifs is 1. The van der Waals surface area contributed by atoms with E-state index in [9.17, 15) is 9.18 Å². The molecule has 0 aliphatic carbocycles. The molecule has 1 aliphatic heterocycles. The molecule has 3 aromatic heterocycles. The Morgan fingerprint density at radius 1 is 1.31 bits per heavy atom. The van der Waals surface area contributed by atoms with Gasteiger partial charge in [0.25, 0.3) is 0 Å². The highest BCUT2D eigenvalue weighted by Gasteiger charge is 2.27. The van der Waals surface area contributed by atoms with E-state index in [1.807, 2.05) is 6.07 Å². The molecule has 5 rings (SSSR count). The number of morpholine rings is 1. The van der Waals surface area contributed by atoms with Crippen molar-refractivity contribution in [3.05, 3.63) is 78.5 Å². The Labute approximate surface area is 206 Å². The smallest absolute Gasteiger partial charge is 0.246 e. The highest BCUT2D eigenvalue weighted by atomic mass is 35.5. The number of hydrogen-bond donors (Lipinski definition) is 1. The van der Waals surface area contributed by atoms with Crippen molar-refractivity contribution in [3.8, 4) is 28.1 Å². The molecular weight excluding hydrogens is 471 g/mol. The van der Waals surface area contributed by atoms with Crippen LogP contribution in [0, 0.1) is 5.82 Å². The van der Waals surface area contributed by atoms with Crippen molar-refractivity contribution < 1.29 is 18.7 Å². The second-order valence-corrected chi connectivity index (χ2v) is 8.48. The van der Waals surface area contributed by atoms with Gasteiger partial charge in [-0.25, -0.2) is 4.39 Å². The van der Waals surface area contributed by atoms with Crippen LogP contribution in [0.4, 0.5) is 4.39 Å². The Morgan fingerprint density at radius 3 is 3.06 bits per heavy atom. The Kier molecular flexibility index (Phi) is 6.48. The SMILES string of the molecule is C=CC(=O)N1CCOCC1COc1cnccc1-c1[nH]c2cccnc2c1-c1cc(Cl)ccc1F. The third-order valence-electron chi connectivity index (χ3n) is 5.92. The average Bonchev–Trinajstić information content (AvgIpc) is 3.28. The molecule has 9 heteroatoms. The molecule has 178 valence electrons. The van der Waals surface area contributed by atoms with E-state index < -0.39 is 5.82 Å². The van der Waals surface area contributed by atoms with Crippen molar-refractivity contribution in [2.75, 3.05) is 26.4 Å². The molecule has 35 heavy (non-hydrogen) atoms. The number of nitrogens with zero attached hydrogens (tertiary/aromatic N) is 3. The van der Waals surface area contributed by atoms with Gasteiger partial charge >= 0.3 is 0 Å². The fourth-order valence-electron chi connectivity index (χ4n) is 4.26. The second-order valence-electron chi connectivity index (χ2n) is 8.05. The van der Waals surface area contributed by atoms with Gasteiger partial charge in [0.05, 0.1) is 42.2 Å². The molecule has 1 unspecified atom stereocenters. The summed E-state index contributed by atoms with van der Waals surface area (Å²) in [5.41, 5.74) is 3.53. The number of carbonyl (C=O) groups excluding carboxylic acids is 1. The maximum Gasteiger partial charge on any atom is 0.246 e. The molecular formula is C26H22ClFN4O3. The predicted molar refractivity (Wildman–Crippen MR) is 132 cm³/mol. The minimum atomic E-state index is -0.420. The van der Waals surface area contributed by atoms with Crippen molar-refractivity contribution in [2.45, 2.75) is 6.04 Å². The molecule has 0 spiro atoms. The van der Waals surface area contributed by atoms with Crippen molar-refractivity contribution in [2.24, 2.45) is 0 Å². The number of rotatable bonds is 6. The molecule has 1 amide bonds. The van der Waals surface area contributed by atoms with Crippen LogP contribution in [-0.4, -0.2) is 58.2 Å². The summed E-state index contributed by atoms with van der Waals surface area (Å²) in [4.78, 5) is 26.0. The quantitative estimate of drug-likeness (QED) is 0.388. The molecule has 1 aliphatic rings. The second kappa shape index (κ2) is 9.85. The number of pyridine rings is 2. The van der Waals surface area contributed by atoms with E-state index in [2.05, 4.69) is 21.5 Å². The van der Waals surface area contributed by atoms with Gasteiger partial charge < -0.3 is 19.4 Å². The first-order chi connectivity index (χ1) is 17.1.